The van der Waals surface area contributed by atoms with Crippen LogP contribution in [0.4, 0.5) is 0 Å². The summed E-state index contributed by atoms with van der Waals surface area (Å²) >= 11 is 6.16. The van der Waals surface area contributed by atoms with Crippen molar-refractivity contribution in [3.63, 3.8) is 0 Å². The van der Waals surface area contributed by atoms with E-state index in [4.69, 9.17) is 16.7 Å². The maximum absolute atomic E-state index is 9.15. The van der Waals surface area contributed by atoms with Crippen LogP contribution in [0.15, 0.2) is 24.3 Å². The van der Waals surface area contributed by atoms with E-state index in [2.05, 4.69) is 23.4 Å². The molecule has 0 saturated carbocycles. The number of nitrogens with one attached hydrogen (secondary N) is 1. The summed E-state index contributed by atoms with van der Waals surface area (Å²) in [5.74, 6) is 0. The second-order valence-electron chi connectivity index (χ2n) is 5.43. The highest BCUT2D eigenvalue weighted by atomic mass is 35.5. The lowest BCUT2D eigenvalue weighted by Gasteiger charge is -2.15. The number of nitrogens with zero attached hydrogens (tertiary/aromatic N) is 2. The van der Waals surface area contributed by atoms with Gasteiger partial charge < -0.3 is 10.4 Å². The summed E-state index contributed by atoms with van der Waals surface area (Å²) in [5.41, 5.74) is 3.98. The maximum Gasteiger partial charge on any atom is 0.0844 e. The number of halogens is 1. The summed E-state index contributed by atoms with van der Waals surface area (Å²) in [4.78, 5) is 0. The van der Waals surface area contributed by atoms with E-state index in [1.807, 2.05) is 36.7 Å². The van der Waals surface area contributed by atoms with E-state index in [1.165, 1.54) is 5.56 Å². The quantitative estimate of drug-likeness (QED) is 0.863. The molecule has 0 radical (unpaired) electrons. The molecule has 0 saturated heterocycles. The summed E-state index contributed by atoms with van der Waals surface area (Å²) in [6.45, 7) is 7.65. The van der Waals surface area contributed by atoms with Crippen LogP contribution >= 0.6 is 11.6 Å². The van der Waals surface area contributed by atoms with Crippen molar-refractivity contribution in [2.75, 3.05) is 0 Å². The van der Waals surface area contributed by atoms with E-state index in [1.54, 1.807) is 0 Å². The molecule has 0 unspecified atom stereocenters. The van der Waals surface area contributed by atoms with Gasteiger partial charge in [-0.3, -0.25) is 4.68 Å². The largest absolute Gasteiger partial charge is 0.392 e. The predicted octanol–water partition coefficient (Wildman–Crippen LogP) is 2.82. The molecule has 0 spiro atoms. The highest BCUT2D eigenvalue weighted by molar-refractivity contribution is 6.31. The Bertz CT molecular complexity index is 610. The lowest BCUT2D eigenvalue weighted by Crippen LogP contribution is -2.30. The van der Waals surface area contributed by atoms with Gasteiger partial charge in [0.2, 0.25) is 0 Å². The average molecular weight is 308 g/mol. The number of hydrogen-bond acceptors (Lipinski definition) is 3. The van der Waals surface area contributed by atoms with Gasteiger partial charge in [0, 0.05) is 12.6 Å². The highest BCUT2D eigenvalue weighted by Gasteiger charge is 2.11. The first-order valence-corrected chi connectivity index (χ1v) is 7.50. The highest BCUT2D eigenvalue weighted by Crippen LogP contribution is 2.19. The van der Waals surface area contributed by atoms with Gasteiger partial charge >= 0.3 is 0 Å². The topological polar surface area (TPSA) is 50.1 Å². The molecule has 0 bridgehead atoms. The lowest BCUT2D eigenvalue weighted by molar-refractivity contribution is 0.281. The van der Waals surface area contributed by atoms with Crippen LogP contribution < -0.4 is 5.32 Å². The van der Waals surface area contributed by atoms with E-state index >= 15 is 0 Å². The third-order valence-corrected chi connectivity index (χ3v) is 4.12. The molecule has 21 heavy (non-hydrogen) atoms. The second kappa shape index (κ2) is 7.07. The average Bonchev–Trinajstić information content (AvgIpc) is 2.72. The molecule has 0 amide bonds. The molecule has 0 aliphatic heterocycles. The fourth-order valence-corrected chi connectivity index (χ4v) is 2.44. The van der Waals surface area contributed by atoms with E-state index in [0.29, 0.717) is 0 Å². The number of hydrogen-bond donors (Lipinski definition) is 2. The predicted molar refractivity (Wildman–Crippen MR) is 85.4 cm³/mol. The van der Waals surface area contributed by atoms with Crippen molar-refractivity contribution in [3.05, 3.63) is 51.8 Å². The van der Waals surface area contributed by atoms with Crippen molar-refractivity contribution < 1.29 is 5.11 Å². The van der Waals surface area contributed by atoms with Gasteiger partial charge in [-0.15, -0.1) is 0 Å². The van der Waals surface area contributed by atoms with Crippen molar-refractivity contribution in [3.8, 4) is 0 Å². The molecule has 5 heteroatoms. The van der Waals surface area contributed by atoms with E-state index < -0.39 is 0 Å². The zero-order valence-corrected chi connectivity index (χ0v) is 13.5. The maximum atomic E-state index is 9.15. The molecule has 114 valence electrons. The molecular formula is C16H22ClN3O. The van der Waals surface area contributed by atoms with Crippen LogP contribution in [0.1, 0.15) is 29.4 Å². The molecule has 1 aromatic carbocycles. The van der Waals surface area contributed by atoms with Crippen molar-refractivity contribution in [1.29, 1.82) is 0 Å². The molecule has 1 atom stereocenters. The first kappa shape index (κ1) is 16.0. The molecule has 0 aliphatic carbocycles. The lowest BCUT2D eigenvalue weighted by atomic mass is 10.1. The van der Waals surface area contributed by atoms with Gasteiger partial charge in [-0.1, -0.05) is 35.9 Å². The zero-order valence-electron chi connectivity index (χ0n) is 12.7. The van der Waals surface area contributed by atoms with Crippen LogP contribution in [0.2, 0.25) is 5.02 Å². The Morgan fingerprint density at radius 2 is 2.05 bits per heavy atom. The molecule has 2 rings (SSSR count). The molecule has 2 aromatic rings. The van der Waals surface area contributed by atoms with Gasteiger partial charge in [-0.25, -0.2) is 0 Å². The van der Waals surface area contributed by atoms with Crippen molar-refractivity contribution in [2.45, 2.75) is 46.5 Å². The number of aryl methyl sites for hydroxylation is 1. The smallest absolute Gasteiger partial charge is 0.0844 e. The zero-order chi connectivity index (χ0) is 15.4. The van der Waals surface area contributed by atoms with Crippen LogP contribution in [0.25, 0.3) is 0 Å². The van der Waals surface area contributed by atoms with Gasteiger partial charge in [-0.2, -0.15) is 5.10 Å². The number of aromatic nitrogens is 2. The van der Waals surface area contributed by atoms with E-state index in [-0.39, 0.29) is 12.6 Å². The van der Waals surface area contributed by atoms with Crippen LogP contribution in [0.3, 0.4) is 0 Å². The summed E-state index contributed by atoms with van der Waals surface area (Å²) in [5, 5.41) is 17.8. The molecule has 1 aromatic heterocycles. The minimum absolute atomic E-state index is 0.0770. The van der Waals surface area contributed by atoms with Crippen molar-refractivity contribution >= 4 is 11.6 Å². The Kier molecular flexibility index (Phi) is 5.39. The van der Waals surface area contributed by atoms with Crippen LogP contribution in [-0.4, -0.2) is 20.9 Å². The van der Waals surface area contributed by atoms with E-state index in [9.17, 15) is 0 Å². The molecular weight excluding hydrogens is 286 g/mol. The van der Waals surface area contributed by atoms with E-state index in [0.717, 1.165) is 35.1 Å². The third kappa shape index (κ3) is 4.06. The van der Waals surface area contributed by atoms with Gasteiger partial charge in [0.1, 0.15) is 0 Å². The summed E-state index contributed by atoms with van der Waals surface area (Å²) < 4.78 is 1.94. The standard InChI is InChI=1S/C16H22ClN3O/c1-11(9-20-13(3)16(17)12(2)19-20)18-8-14-5-4-6-15(7-14)10-21/h4-7,11,18,21H,8-10H2,1-3H3/t11-/m0/s1. The Hall–Kier alpha value is -1.36. The molecule has 0 aliphatic rings. The fraction of sp³-hybridized carbons (Fsp3) is 0.438. The SMILES string of the molecule is Cc1nn(C[C@H](C)NCc2cccc(CO)c2)c(C)c1Cl. The van der Waals surface area contributed by atoms with Gasteiger partial charge in [0.15, 0.2) is 0 Å². The number of rotatable bonds is 6. The Morgan fingerprint density at radius 3 is 2.67 bits per heavy atom. The summed E-state index contributed by atoms with van der Waals surface area (Å²) in [6, 6.07) is 8.23. The number of aliphatic hydroxyl groups is 1. The summed E-state index contributed by atoms with van der Waals surface area (Å²) in [6.07, 6.45) is 0. The van der Waals surface area contributed by atoms with Crippen LogP contribution in [0, 0.1) is 13.8 Å². The first-order chi connectivity index (χ1) is 10.0. The Labute approximate surface area is 130 Å². The fourth-order valence-electron chi connectivity index (χ4n) is 2.31. The van der Waals surface area contributed by atoms with Crippen molar-refractivity contribution in [2.24, 2.45) is 0 Å². The number of aliphatic hydroxyl groups excluding tert-OH is 1. The monoisotopic (exact) mass is 307 g/mol. The summed E-state index contributed by atoms with van der Waals surface area (Å²) in [7, 11) is 0. The molecule has 4 nitrogen and oxygen atoms in total. The van der Waals surface area contributed by atoms with Crippen LogP contribution in [0.5, 0.6) is 0 Å². The van der Waals surface area contributed by atoms with Gasteiger partial charge in [-0.05, 0) is 31.9 Å². The van der Waals surface area contributed by atoms with Crippen molar-refractivity contribution in [1.82, 2.24) is 15.1 Å². The first-order valence-electron chi connectivity index (χ1n) is 7.12. The van der Waals surface area contributed by atoms with Gasteiger partial charge in [0.05, 0.1) is 29.6 Å². The minimum atomic E-state index is 0.0770. The normalized spacial score (nSPS) is 12.6. The third-order valence-electron chi connectivity index (χ3n) is 3.57. The second-order valence-corrected chi connectivity index (χ2v) is 5.80. The number of benzene rings is 1. The molecule has 0 fully saturated rings. The minimum Gasteiger partial charge on any atom is -0.392 e. The Morgan fingerprint density at radius 1 is 1.33 bits per heavy atom. The molecule has 2 N–H and O–H groups in total. The van der Waals surface area contributed by atoms with Crippen LogP contribution in [-0.2, 0) is 19.7 Å². The van der Waals surface area contributed by atoms with Gasteiger partial charge in [0.25, 0.3) is 0 Å². The molecule has 1 heterocycles. The Balaban J connectivity index is 1.92.